The van der Waals surface area contributed by atoms with Crippen molar-refractivity contribution in [2.24, 2.45) is 5.16 Å². The topological polar surface area (TPSA) is 51.2 Å². The van der Waals surface area contributed by atoms with Gasteiger partial charge in [0.2, 0.25) is 6.40 Å². The Bertz CT molecular complexity index is 331. The normalized spacial score (nSPS) is 12.9. The van der Waals surface area contributed by atoms with Gasteiger partial charge in [0, 0.05) is 0 Å². The van der Waals surface area contributed by atoms with Crippen LogP contribution in [0.2, 0.25) is 0 Å². The molecule has 1 aromatic rings. The molecular formula is C11H13NO3. The van der Waals surface area contributed by atoms with Crippen LogP contribution in [0.1, 0.15) is 18.4 Å². The van der Waals surface area contributed by atoms with Crippen LogP contribution in [-0.2, 0) is 14.4 Å². The first-order valence-corrected chi connectivity index (χ1v) is 4.56. The number of carbonyl (C=O) groups is 1. The Labute approximate surface area is 88.5 Å². The second-order valence-corrected chi connectivity index (χ2v) is 2.97. The highest BCUT2D eigenvalue weighted by Crippen LogP contribution is 2.15. The van der Waals surface area contributed by atoms with Crippen molar-refractivity contribution >= 4 is 12.4 Å². The third-order valence-corrected chi connectivity index (χ3v) is 1.96. The van der Waals surface area contributed by atoms with E-state index in [1.54, 1.807) is 0 Å². The Hall–Kier alpha value is -1.84. The lowest BCUT2D eigenvalue weighted by atomic mass is 10.0. The monoisotopic (exact) mass is 207 g/mol. The van der Waals surface area contributed by atoms with Crippen LogP contribution in [0.25, 0.3) is 0 Å². The molecule has 15 heavy (non-hydrogen) atoms. The molecular weight excluding hydrogens is 194 g/mol. The van der Waals surface area contributed by atoms with Gasteiger partial charge in [0.1, 0.15) is 0 Å². The molecule has 1 aliphatic rings. The smallest absolute Gasteiger partial charge is 0.312 e. The Kier molecular flexibility index (Phi) is 4.34. The van der Waals surface area contributed by atoms with E-state index in [0.717, 1.165) is 5.56 Å². The highest BCUT2D eigenvalue weighted by Gasteiger charge is 2.14. The van der Waals surface area contributed by atoms with Gasteiger partial charge in [0.05, 0.1) is 13.0 Å². The van der Waals surface area contributed by atoms with Gasteiger partial charge in [0.25, 0.3) is 0 Å². The number of carbonyl (C=O) groups excluding carboxylic acids is 1. The van der Waals surface area contributed by atoms with Gasteiger partial charge in [0.15, 0.2) is 0 Å². The van der Waals surface area contributed by atoms with E-state index in [-0.39, 0.29) is 11.9 Å². The van der Waals surface area contributed by atoms with Crippen LogP contribution in [0.15, 0.2) is 35.5 Å². The van der Waals surface area contributed by atoms with E-state index < -0.39 is 0 Å². The van der Waals surface area contributed by atoms with Gasteiger partial charge in [-0.1, -0.05) is 30.3 Å². The van der Waals surface area contributed by atoms with Crippen molar-refractivity contribution in [1.82, 2.24) is 0 Å². The van der Waals surface area contributed by atoms with Crippen LogP contribution in [0.4, 0.5) is 0 Å². The van der Waals surface area contributed by atoms with Gasteiger partial charge in [-0.05, 0) is 17.6 Å². The average molecular weight is 207 g/mol. The molecule has 1 aliphatic heterocycles. The van der Waals surface area contributed by atoms with Crippen LogP contribution >= 0.6 is 0 Å². The summed E-state index contributed by atoms with van der Waals surface area (Å²) < 4.78 is 4.63. The molecule has 1 aromatic carbocycles. The third kappa shape index (κ3) is 4.26. The minimum Gasteiger partial charge on any atom is -0.469 e. The zero-order chi connectivity index (χ0) is 11.1. The maximum absolute atomic E-state index is 11.1. The predicted molar refractivity (Wildman–Crippen MR) is 56.5 cm³/mol. The molecule has 0 saturated carbocycles. The maximum Gasteiger partial charge on any atom is 0.312 e. The summed E-state index contributed by atoms with van der Waals surface area (Å²) in [5, 5.41) is 3.12. The Balaban J connectivity index is 0.000000319. The molecule has 0 N–H and O–H groups in total. The fourth-order valence-corrected chi connectivity index (χ4v) is 1.05. The number of rotatable bonds is 2. The molecule has 0 spiro atoms. The lowest BCUT2D eigenvalue weighted by Crippen LogP contribution is -2.10. The minimum absolute atomic E-state index is 0.170. The first-order valence-electron chi connectivity index (χ1n) is 4.56. The Morgan fingerprint density at radius 1 is 1.40 bits per heavy atom. The van der Waals surface area contributed by atoms with E-state index >= 15 is 0 Å². The largest absolute Gasteiger partial charge is 0.469 e. The van der Waals surface area contributed by atoms with Crippen molar-refractivity contribution in [3.8, 4) is 0 Å². The zero-order valence-electron chi connectivity index (χ0n) is 8.71. The molecule has 0 aliphatic carbocycles. The highest BCUT2D eigenvalue weighted by atomic mass is 16.7. The third-order valence-electron chi connectivity index (χ3n) is 1.96. The molecule has 0 amide bonds. The molecule has 2 rings (SSSR count). The summed E-state index contributed by atoms with van der Waals surface area (Å²) in [6, 6.07) is 9.58. The molecule has 4 nitrogen and oxygen atoms in total. The second kappa shape index (κ2) is 5.80. The number of ether oxygens (including phenoxy) is 1. The molecule has 1 atom stereocenters. The summed E-state index contributed by atoms with van der Waals surface area (Å²) in [7, 11) is 1.40. The van der Waals surface area contributed by atoms with Gasteiger partial charge in [-0.3, -0.25) is 4.79 Å². The van der Waals surface area contributed by atoms with E-state index in [2.05, 4.69) is 14.7 Å². The molecule has 0 radical (unpaired) electrons. The summed E-state index contributed by atoms with van der Waals surface area (Å²) in [5.74, 6) is -0.364. The fraction of sp³-hybridized carbons (Fsp3) is 0.273. The van der Waals surface area contributed by atoms with Gasteiger partial charge in [-0.15, -0.1) is 0 Å². The van der Waals surface area contributed by atoms with Gasteiger partial charge < -0.3 is 9.57 Å². The minimum atomic E-state index is -0.193. The molecule has 0 saturated heterocycles. The van der Waals surface area contributed by atoms with E-state index in [1.807, 2.05) is 37.3 Å². The number of oxime groups is 1. The predicted octanol–water partition coefficient (Wildman–Crippen LogP) is 1.92. The number of esters is 1. The molecule has 1 heterocycles. The van der Waals surface area contributed by atoms with Crippen LogP contribution in [0.3, 0.4) is 0 Å². The summed E-state index contributed by atoms with van der Waals surface area (Å²) in [4.78, 5) is 15.1. The standard InChI is InChI=1S/C10H12O2.CHNO/c1-8(10(11)12-2)9-6-4-3-5-7-9;1-2-3-1/h3-8H,1-2H3;1H. The molecule has 0 fully saturated rings. The molecule has 1 unspecified atom stereocenters. The highest BCUT2D eigenvalue weighted by molar-refractivity contribution is 5.77. The zero-order valence-corrected chi connectivity index (χ0v) is 8.71. The van der Waals surface area contributed by atoms with E-state index in [1.165, 1.54) is 13.5 Å². The van der Waals surface area contributed by atoms with Crippen LogP contribution in [0, 0.1) is 0 Å². The van der Waals surface area contributed by atoms with Crippen molar-refractivity contribution in [3.63, 3.8) is 0 Å². The summed E-state index contributed by atoms with van der Waals surface area (Å²) in [6.07, 6.45) is 1.38. The van der Waals surface area contributed by atoms with Gasteiger partial charge in [-0.2, -0.15) is 0 Å². The van der Waals surface area contributed by atoms with Crippen molar-refractivity contribution in [2.45, 2.75) is 12.8 Å². The Morgan fingerprint density at radius 3 is 2.33 bits per heavy atom. The van der Waals surface area contributed by atoms with Crippen LogP contribution in [0.5, 0.6) is 0 Å². The quantitative estimate of drug-likeness (QED) is 0.696. The van der Waals surface area contributed by atoms with Gasteiger partial charge >= 0.3 is 5.97 Å². The van der Waals surface area contributed by atoms with Crippen LogP contribution in [-0.4, -0.2) is 19.5 Å². The van der Waals surface area contributed by atoms with Crippen molar-refractivity contribution in [1.29, 1.82) is 0 Å². The lowest BCUT2D eigenvalue weighted by molar-refractivity contribution is -0.141. The number of methoxy groups -OCH3 is 1. The fourth-order valence-electron chi connectivity index (χ4n) is 1.05. The average Bonchev–Trinajstić information content (AvgIpc) is 3.16. The van der Waals surface area contributed by atoms with E-state index in [0.29, 0.717) is 0 Å². The lowest BCUT2D eigenvalue weighted by Gasteiger charge is -2.08. The first-order chi connectivity index (χ1) is 7.25. The SMILES string of the molecule is C1=NO1.COC(=O)C(C)c1ccccc1. The Morgan fingerprint density at radius 2 is 1.93 bits per heavy atom. The van der Waals surface area contributed by atoms with Gasteiger partial charge in [-0.25, -0.2) is 0 Å². The van der Waals surface area contributed by atoms with Crippen molar-refractivity contribution in [3.05, 3.63) is 35.9 Å². The molecule has 0 aromatic heterocycles. The summed E-state index contributed by atoms with van der Waals surface area (Å²) >= 11 is 0. The number of benzene rings is 1. The molecule has 4 heteroatoms. The van der Waals surface area contributed by atoms with Crippen molar-refractivity contribution in [2.75, 3.05) is 7.11 Å². The number of hydrogen-bond acceptors (Lipinski definition) is 4. The van der Waals surface area contributed by atoms with E-state index in [9.17, 15) is 4.79 Å². The maximum atomic E-state index is 11.1. The summed E-state index contributed by atoms with van der Waals surface area (Å²) in [6.45, 7) is 1.83. The van der Waals surface area contributed by atoms with E-state index in [4.69, 9.17) is 0 Å². The summed E-state index contributed by atoms with van der Waals surface area (Å²) in [5.41, 5.74) is 0.990. The first kappa shape index (κ1) is 11.2. The second-order valence-electron chi connectivity index (χ2n) is 2.97. The van der Waals surface area contributed by atoms with Crippen molar-refractivity contribution < 1.29 is 14.4 Å². The molecule has 0 bridgehead atoms. The molecule has 80 valence electrons. The number of nitrogens with zero attached hydrogens (tertiary/aromatic N) is 1. The number of hydrogen-bond donors (Lipinski definition) is 0. The van der Waals surface area contributed by atoms with Crippen LogP contribution < -0.4 is 0 Å².